The summed E-state index contributed by atoms with van der Waals surface area (Å²) in [6.07, 6.45) is 6.78. The number of aliphatic hydroxyl groups excluding tert-OH is 1. The number of hydrogen-bond acceptors (Lipinski definition) is 3. The van der Waals surface area contributed by atoms with E-state index in [1.165, 1.54) is 19.3 Å². The molecular formula is C19H30BrNO2. The lowest BCUT2D eigenvalue weighted by Gasteiger charge is -2.60. The van der Waals surface area contributed by atoms with Crippen molar-refractivity contribution >= 4 is 20.6 Å². The molecule has 0 radical (unpaired) electrons. The van der Waals surface area contributed by atoms with Gasteiger partial charge in [0.1, 0.15) is 4.62 Å². The molecule has 1 spiro atoms. The van der Waals surface area contributed by atoms with Crippen molar-refractivity contribution in [2.45, 2.75) is 71.0 Å². The summed E-state index contributed by atoms with van der Waals surface area (Å²) in [6.45, 7) is 7.14. The molecule has 23 heavy (non-hydrogen) atoms. The zero-order valence-corrected chi connectivity index (χ0v) is 16.1. The first-order valence-electron chi connectivity index (χ1n) is 9.56. The fourth-order valence-electron chi connectivity index (χ4n) is 6.72. The van der Waals surface area contributed by atoms with Gasteiger partial charge in [-0.2, -0.15) is 0 Å². The molecule has 3 aliphatic carbocycles. The van der Waals surface area contributed by atoms with Gasteiger partial charge in [-0.25, -0.2) is 0 Å². The van der Waals surface area contributed by atoms with Gasteiger partial charge in [0.2, 0.25) is 0 Å². The third kappa shape index (κ3) is 2.19. The fraction of sp³-hybridized carbons (Fsp3) is 0.947. The summed E-state index contributed by atoms with van der Waals surface area (Å²) >= 11 is 3.69. The molecule has 4 rings (SSSR count). The quantitative estimate of drug-likeness (QED) is 0.719. The Balaban J connectivity index is 1.84. The average molecular weight is 384 g/mol. The third-order valence-electron chi connectivity index (χ3n) is 7.72. The lowest BCUT2D eigenvalue weighted by Crippen LogP contribution is -2.65. The topological polar surface area (TPSA) is 41.8 Å². The van der Waals surface area contributed by atoms with Crippen molar-refractivity contribution in [2.75, 3.05) is 0 Å². The van der Waals surface area contributed by atoms with Crippen LogP contribution in [0.15, 0.2) is 5.16 Å². The molecule has 0 saturated heterocycles. The predicted molar refractivity (Wildman–Crippen MR) is 95.3 cm³/mol. The van der Waals surface area contributed by atoms with E-state index >= 15 is 0 Å². The van der Waals surface area contributed by atoms with Gasteiger partial charge < -0.3 is 9.94 Å². The second-order valence-electron chi connectivity index (χ2n) is 8.89. The van der Waals surface area contributed by atoms with Crippen LogP contribution in [0.5, 0.6) is 0 Å². The molecule has 0 amide bonds. The molecule has 0 aromatic rings. The van der Waals surface area contributed by atoms with Crippen molar-refractivity contribution in [1.29, 1.82) is 0 Å². The fourth-order valence-corrected chi connectivity index (χ4v) is 7.38. The van der Waals surface area contributed by atoms with E-state index in [4.69, 9.17) is 4.84 Å². The van der Waals surface area contributed by atoms with E-state index < -0.39 is 0 Å². The molecule has 1 aliphatic heterocycles. The van der Waals surface area contributed by atoms with E-state index in [9.17, 15) is 5.11 Å². The molecule has 3 nitrogen and oxygen atoms in total. The minimum absolute atomic E-state index is 0.221. The second kappa shape index (κ2) is 5.72. The van der Waals surface area contributed by atoms with Gasteiger partial charge in [0.25, 0.3) is 0 Å². The molecule has 8 atom stereocenters. The number of aliphatic hydroxyl groups is 1. The normalized spacial score (nSPS) is 52.3. The first-order valence-corrected chi connectivity index (χ1v) is 10.4. The Morgan fingerprint density at radius 2 is 1.96 bits per heavy atom. The van der Waals surface area contributed by atoms with Crippen LogP contribution in [0.4, 0.5) is 0 Å². The Morgan fingerprint density at radius 1 is 1.17 bits per heavy atom. The van der Waals surface area contributed by atoms with Crippen molar-refractivity contribution in [2.24, 2.45) is 46.6 Å². The molecule has 4 bridgehead atoms. The number of nitrogens with zero attached hydrogens (tertiary/aromatic N) is 1. The maximum absolute atomic E-state index is 11.0. The van der Waals surface area contributed by atoms with E-state index in [1.807, 2.05) is 0 Å². The van der Waals surface area contributed by atoms with Crippen LogP contribution >= 0.6 is 15.9 Å². The standard InChI is InChI=1S/C19H30BrNO2/c1-10(2)12-5-4-11(3)13-6-7-15-18(20)21-23-19(15)14(12)8-9-16(22)17(13)19/h10-17,22H,4-9H2,1-3H3/t11-,12-,13+,14+,15+,16+,17+,19-/m1/s1. The Bertz CT molecular complexity index is 508. The van der Waals surface area contributed by atoms with Gasteiger partial charge in [-0.05, 0) is 71.7 Å². The lowest BCUT2D eigenvalue weighted by atomic mass is 9.47. The summed E-state index contributed by atoms with van der Waals surface area (Å²) in [5.41, 5.74) is -0.247. The Hall–Kier alpha value is -0.0900. The van der Waals surface area contributed by atoms with Crippen LogP contribution in [-0.2, 0) is 4.84 Å². The van der Waals surface area contributed by atoms with Crippen LogP contribution < -0.4 is 0 Å². The van der Waals surface area contributed by atoms with E-state index in [2.05, 4.69) is 41.9 Å². The monoisotopic (exact) mass is 383 g/mol. The van der Waals surface area contributed by atoms with Crippen LogP contribution in [0.1, 0.15) is 59.3 Å². The lowest BCUT2D eigenvalue weighted by molar-refractivity contribution is -0.237. The summed E-state index contributed by atoms with van der Waals surface area (Å²) < 4.78 is 0.996. The van der Waals surface area contributed by atoms with Crippen molar-refractivity contribution in [3.8, 4) is 0 Å². The van der Waals surface area contributed by atoms with Gasteiger partial charge in [0, 0.05) is 11.8 Å². The molecule has 0 unspecified atom stereocenters. The highest BCUT2D eigenvalue weighted by Gasteiger charge is 2.67. The second-order valence-corrected chi connectivity index (χ2v) is 9.70. The van der Waals surface area contributed by atoms with Crippen molar-refractivity contribution in [3.63, 3.8) is 0 Å². The summed E-state index contributed by atoms with van der Waals surface area (Å²) in [7, 11) is 0. The molecule has 4 aliphatic rings. The minimum Gasteiger partial charge on any atom is -0.393 e. The Kier molecular flexibility index (Phi) is 4.08. The summed E-state index contributed by atoms with van der Waals surface area (Å²) in [4.78, 5) is 6.31. The van der Waals surface area contributed by atoms with E-state index in [-0.39, 0.29) is 17.6 Å². The first-order chi connectivity index (χ1) is 11.0. The van der Waals surface area contributed by atoms with Gasteiger partial charge in [-0.3, -0.25) is 0 Å². The largest absolute Gasteiger partial charge is 0.393 e. The van der Waals surface area contributed by atoms with Gasteiger partial charge in [0.05, 0.1) is 12.0 Å². The smallest absolute Gasteiger partial charge is 0.155 e. The molecule has 1 N–H and O–H groups in total. The van der Waals surface area contributed by atoms with Gasteiger partial charge in [-0.15, -0.1) is 0 Å². The molecule has 1 heterocycles. The average Bonchev–Trinajstić information content (AvgIpc) is 2.85. The highest BCUT2D eigenvalue weighted by molar-refractivity contribution is 9.18. The third-order valence-corrected chi connectivity index (χ3v) is 8.42. The molecule has 3 saturated carbocycles. The molecule has 0 aromatic heterocycles. The molecular weight excluding hydrogens is 354 g/mol. The molecule has 4 heteroatoms. The summed E-state index contributed by atoms with van der Waals surface area (Å²) in [5, 5.41) is 15.4. The van der Waals surface area contributed by atoms with Crippen LogP contribution in [0.2, 0.25) is 0 Å². The highest BCUT2D eigenvalue weighted by atomic mass is 79.9. The maximum Gasteiger partial charge on any atom is 0.155 e. The van der Waals surface area contributed by atoms with Crippen LogP contribution in [-0.4, -0.2) is 21.4 Å². The Morgan fingerprint density at radius 3 is 2.70 bits per heavy atom. The highest BCUT2D eigenvalue weighted by Crippen LogP contribution is 2.63. The summed E-state index contributed by atoms with van der Waals surface area (Å²) in [5.74, 6) is 3.77. The predicted octanol–water partition coefficient (Wildman–Crippen LogP) is 4.58. The van der Waals surface area contributed by atoms with Crippen LogP contribution in [0.25, 0.3) is 0 Å². The molecule has 0 aromatic carbocycles. The van der Waals surface area contributed by atoms with E-state index in [0.29, 0.717) is 35.5 Å². The number of hydrogen-bond donors (Lipinski definition) is 1. The number of oxime groups is 1. The molecule has 3 fully saturated rings. The minimum atomic E-state index is -0.247. The van der Waals surface area contributed by atoms with Crippen LogP contribution in [0, 0.1) is 41.4 Å². The molecule has 130 valence electrons. The first kappa shape index (κ1) is 16.4. The van der Waals surface area contributed by atoms with E-state index in [1.54, 1.807) is 0 Å². The Labute approximate surface area is 148 Å². The summed E-state index contributed by atoms with van der Waals surface area (Å²) in [6, 6.07) is 0. The van der Waals surface area contributed by atoms with Crippen molar-refractivity contribution in [3.05, 3.63) is 0 Å². The van der Waals surface area contributed by atoms with E-state index in [0.717, 1.165) is 23.9 Å². The number of halogens is 1. The van der Waals surface area contributed by atoms with Gasteiger partial charge in [0.15, 0.2) is 5.60 Å². The van der Waals surface area contributed by atoms with Crippen molar-refractivity contribution < 1.29 is 9.94 Å². The van der Waals surface area contributed by atoms with Gasteiger partial charge >= 0.3 is 0 Å². The van der Waals surface area contributed by atoms with Gasteiger partial charge in [-0.1, -0.05) is 32.3 Å². The zero-order chi connectivity index (χ0) is 16.4. The SMILES string of the molecule is CC(C)[C@H]1CC[C@@H](C)[C@@H]2CC[C@H]3C(Br)=NO[C@@]34[C@@H]2[C@@H](O)CC[C@@H]14. The number of rotatable bonds is 1. The zero-order valence-electron chi connectivity index (χ0n) is 14.5. The van der Waals surface area contributed by atoms with Crippen LogP contribution in [0.3, 0.4) is 0 Å². The maximum atomic E-state index is 11.0. The van der Waals surface area contributed by atoms with Crippen molar-refractivity contribution in [1.82, 2.24) is 0 Å².